The normalized spacial score (nSPS) is 15.8. The van der Waals surface area contributed by atoms with Gasteiger partial charge in [0.05, 0.1) is 27.3 Å². The fourth-order valence-corrected chi connectivity index (χ4v) is 4.82. The number of aromatic amines is 2. The van der Waals surface area contributed by atoms with Crippen LogP contribution >= 0.6 is 11.6 Å². The van der Waals surface area contributed by atoms with E-state index in [2.05, 4.69) is 26.9 Å². The Bertz CT molecular complexity index is 1700. The quantitative estimate of drug-likeness (QED) is 0.251. The van der Waals surface area contributed by atoms with Crippen molar-refractivity contribution in [3.8, 4) is 0 Å². The van der Waals surface area contributed by atoms with E-state index >= 15 is 0 Å². The highest BCUT2D eigenvalue weighted by molar-refractivity contribution is 6.33. The van der Waals surface area contributed by atoms with E-state index in [1.807, 2.05) is 55.5 Å². The number of alkyl halides is 3. The lowest BCUT2D eigenvalue weighted by Gasteiger charge is -2.15. The maximum Gasteiger partial charge on any atom is 0.416 e. The second-order valence-electron chi connectivity index (χ2n) is 9.25. The van der Waals surface area contributed by atoms with Crippen LogP contribution in [0.2, 0.25) is 5.02 Å². The number of allylic oxidation sites excluding steroid dienone is 5. The summed E-state index contributed by atoms with van der Waals surface area (Å²) >= 11 is 6.60. The van der Waals surface area contributed by atoms with Crippen molar-refractivity contribution in [1.29, 1.82) is 0 Å². The molecule has 0 radical (unpaired) electrons. The number of nitrogens with one attached hydrogen (secondary N) is 2. The van der Waals surface area contributed by atoms with Crippen LogP contribution in [0.4, 0.5) is 18.9 Å². The minimum absolute atomic E-state index is 0.00855. The number of hydrogen-bond donors (Lipinski definition) is 2. The Balaban J connectivity index is 1.35. The number of halogens is 4. The average molecular weight is 534 g/mol. The molecule has 0 bridgehead atoms. The summed E-state index contributed by atoms with van der Waals surface area (Å²) in [7, 11) is 0. The molecule has 192 valence electrons. The Morgan fingerprint density at radius 2 is 1.95 bits per heavy atom. The van der Waals surface area contributed by atoms with Gasteiger partial charge in [0.2, 0.25) is 0 Å². The third-order valence-electron chi connectivity index (χ3n) is 6.55. The molecule has 3 aromatic carbocycles. The zero-order valence-electron chi connectivity index (χ0n) is 20.4. The molecule has 0 saturated heterocycles. The summed E-state index contributed by atoms with van der Waals surface area (Å²) in [5.74, 6) is 3.00. The zero-order valence-corrected chi connectivity index (χ0v) is 21.1. The van der Waals surface area contributed by atoms with Crippen LogP contribution in [0.15, 0.2) is 88.7 Å². The van der Waals surface area contributed by atoms with Gasteiger partial charge in [0.25, 0.3) is 0 Å². The number of benzene rings is 3. The molecule has 0 saturated carbocycles. The molecule has 0 aliphatic carbocycles. The van der Waals surface area contributed by atoms with Crippen molar-refractivity contribution in [2.75, 3.05) is 0 Å². The number of nitrogens with zero attached hydrogens (tertiary/aromatic N) is 1. The summed E-state index contributed by atoms with van der Waals surface area (Å²) in [5, 5.41) is 0.519. The molecule has 0 spiro atoms. The van der Waals surface area contributed by atoms with Gasteiger partial charge in [-0.3, -0.25) is 0 Å². The zero-order chi connectivity index (χ0) is 26.9. The van der Waals surface area contributed by atoms with Crippen molar-refractivity contribution < 1.29 is 13.2 Å². The molecule has 5 rings (SSSR count). The number of aromatic nitrogens is 2. The lowest BCUT2D eigenvalue weighted by atomic mass is 9.90. The topological polar surface area (TPSA) is 61.0 Å². The maximum atomic E-state index is 12.9. The molecule has 38 heavy (non-hydrogen) atoms. The minimum Gasteiger partial charge on any atom is -0.306 e. The highest BCUT2D eigenvalue weighted by atomic mass is 35.5. The second kappa shape index (κ2) is 10.4. The molecule has 2 N–H and O–H groups in total. The van der Waals surface area contributed by atoms with E-state index < -0.39 is 11.7 Å². The lowest BCUT2D eigenvalue weighted by molar-refractivity contribution is -0.137. The second-order valence-corrected chi connectivity index (χ2v) is 9.66. The summed E-state index contributed by atoms with van der Waals surface area (Å²) in [4.78, 5) is 21.6. The van der Waals surface area contributed by atoms with Gasteiger partial charge in [0.1, 0.15) is 0 Å². The Kier molecular flexibility index (Phi) is 6.98. The van der Waals surface area contributed by atoms with Crippen molar-refractivity contribution >= 4 is 39.8 Å². The summed E-state index contributed by atoms with van der Waals surface area (Å²) in [6.07, 6.45) is 4.17. The molecule has 1 aliphatic rings. The first-order chi connectivity index (χ1) is 18.2. The summed E-state index contributed by atoms with van der Waals surface area (Å²) < 4.78 is 38.8. The smallest absolute Gasteiger partial charge is 0.306 e. The summed E-state index contributed by atoms with van der Waals surface area (Å²) in [5.41, 5.74) is 5.75. The number of fused-ring (bicyclic) bond motifs is 2. The van der Waals surface area contributed by atoms with Gasteiger partial charge in [-0.05, 0) is 89.9 Å². The van der Waals surface area contributed by atoms with Crippen molar-refractivity contribution in [3.05, 3.63) is 122 Å². The standard InChI is InChI=1S/C30H23ClF3N3O/c1-18(5-2-3-6-19-7-4-8-24(13-19)30(32,33)34)22-15-23-14-21(11-12-35-28(23)25(31)16-22)20-9-10-26-27(17-20)37-29(38)36-26/h2-5,7-11,13,15-17,21H,6,14H2,1H3,(H2,36,37,38)/b3-2-,18-5+. The largest absolute Gasteiger partial charge is 0.416 e. The predicted molar refractivity (Wildman–Crippen MR) is 146 cm³/mol. The van der Waals surface area contributed by atoms with E-state index in [0.29, 0.717) is 29.1 Å². The number of H-pyrrole nitrogens is 2. The first kappa shape index (κ1) is 25.6. The number of hydrogen-bond acceptors (Lipinski definition) is 2. The van der Waals surface area contributed by atoms with Crippen molar-refractivity contribution in [2.24, 2.45) is 4.99 Å². The molecule has 0 amide bonds. The molecular formula is C30H23ClF3N3O. The molecule has 4 nitrogen and oxygen atoms in total. The van der Waals surface area contributed by atoms with Gasteiger partial charge in [-0.1, -0.05) is 54.1 Å². The van der Waals surface area contributed by atoms with Crippen LogP contribution in [0.1, 0.15) is 40.7 Å². The van der Waals surface area contributed by atoms with Gasteiger partial charge < -0.3 is 9.97 Å². The van der Waals surface area contributed by atoms with E-state index in [0.717, 1.165) is 39.4 Å². The van der Waals surface area contributed by atoms with E-state index in [9.17, 15) is 18.0 Å². The third kappa shape index (κ3) is 5.59. The van der Waals surface area contributed by atoms with Crippen LogP contribution in [0.3, 0.4) is 0 Å². The Morgan fingerprint density at radius 3 is 2.76 bits per heavy atom. The van der Waals surface area contributed by atoms with E-state index in [4.69, 9.17) is 11.6 Å². The molecule has 1 atom stereocenters. The molecule has 1 unspecified atom stereocenters. The van der Waals surface area contributed by atoms with Crippen molar-refractivity contribution in [3.63, 3.8) is 0 Å². The van der Waals surface area contributed by atoms with Crippen molar-refractivity contribution in [1.82, 2.24) is 9.97 Å². The van der Waals surface area contributed by atoms with E-state index in [1.165, 1.54) is 12.1 Å². The first-order valence-electron chi connectivity index (χ1n) is 12.0. The van der Waals surface area contributed by atoms with Gasteiger partial charge >= 0.3 is 11.9 Å². The number of aliphatic imine (C=N–C) groups is 1. The molecule has 2 heterocycles. The Labute approximate surface area is 221 Å². The van der Waals surface area contributed by atoms with Gasteiger partial charge in [0, 0.05) is 5.92 Å². The molecule has 1 aromatic heterocycles. The van der Waals surface area contributed by atoms with E-state index in [-0.39, 0.29) is 11.6 Å². The summed E-state index contributed by atoms with van der Waals surface area (Å²) in [6, 6.07) is 15.1. The average Bonchev–Trinajstić information content (AvgIpc) is 3.11. The monoisotopic (exact) mass is 533 g/mol. The number of imidazole rings is 1. The fraction of sp³-hybridized carbons (Fsp3) is 0.167. The highest BCUT2D eigenvalue weighted by Crippen LogP contribution is 2.37. The van der Waals surface area contributed by atoms with Gasteiger partial charge in [-0.15, -0.1) is 0 Å². The van der Waals surface area contributed by atoms with Crippen LogP contribution in [-0.2, 0) is 19.0 Å². The molecule has 8 heteroatoms. The Hall–Kier alpha value is -4.06. The van der Waals surface area contributed by atoms with Gasteiger partial charge in [0.15, 0.2) is 0 Å². The van der Waals surface area contributed by atoms with Crippen LogP contribution in [0.5, 0.6) is 0 Å². The molecular weight excluding hydrogens is 511 g/mol. The fourth-order valence-electron chi connectivity index (χ4n) is 4.53. The minimum atomic E-state index is -4.35. The highest BCUT2D eigenvalue weighted by Gasteiger charge is 2.30. The summed E-state index contributed by atoms with van der Waals surface area (Å²) in [6.45, 7) is 1.96. The third-order valence-corrected chi connectivity index (χ3v) is 6.84. The van der Waals surface area contributed by atoms with Crippen LogP contribution in [0, 0.1) is 0 Å². The van der Waals surface area contributed by atoms with Crippen LogP contribution in [-0.4, -0.2) is 15.8 Å². The SMILES string of the molecule is C/C(=C\C=C/Cc1cccc(C(F)(F)F)c1)c1cc(Cl)c2c(c1)CC(c1ccc3[nH]c(=O)[nH]c3c1)C=C=N2. The Morgan fingerprint density at radius 1 is 1.13 bits per heavy atom. The maximum absolute atomic E-state index is 12.9. The van der Waals surface area contributed by atoms with Crippen LogP contribution < -0.4 is 5.69 Å². The first-order valence-corrected chi connectivity index (χ1v) is 12.4. The van der Waals surface area contributed by atoms with Gasteiger partial charge in [-0.2, -0.15) is 13.2 Å². The van der Waals surface area contributed by atoms with Crippen LogP contribution in [0.25, 0.3) is 16.6 Å². The molecule has 4 aromatic rings. The van der Waals surface area contributed by atoms with E-state index in [1.54, 1.807) is 6.07 Å². The molecule has 0 fully saturated rings. The van der Waals surface area contributed by atoms with Crippen molar-refractivity contribution in [2.45, 2.75) is 31.9 Å². The van der Waals surface area contributed by atoms with Gasteiger partial charge in [-0.25, -0.2) is 9.79 Å². The predicted octanol–water partition coefficient (Wildman–Crippen LogP) is 7.93. The molecule has 1 aliphatic heterocycles. The number of rotatable bonds is 5. The lowest BCUT2D eigenvalue weighted by Crippen LogP contribution is -2.04.